The fraction of sp³-hybridized carbons (Fsp3) is 1.00. The van der Waals surface area contributed by atoms with Crippen LogP contribution in [-0.2, 0) is 27.2 Å². The van der Waals surface area contributed by atoms with Crippen molar-refractivity contribution in [1.29, 1.82) is 0 Å². The molecular weight excluding hydrogens is 206 g/mol. The van der Waals surface area contributed by atoms with Crippen LogP contribution in [0, 0.1) is 0 Å². The Balaban J connectivity index is 0. The quantitative estimate of drug-likeness (QED) is 0.670. The molecule has 0 aliphatic carbocycles. The van der Waals surface area contributed by atoms with Gasteiger partial charge in [0.15, 0.2) is 0 Å². The van der Waals surface area contributed by atoms with Crippen LogP contribution in [0.5, 0.6) is 0 Å². The predicted molar refractivity (Wildman–Crippen MR) is 43.2 cm³/mol. The summed E-state index contributed by atoms with van der Waals surface area (Å²) >= 11 is 0. The third kappa shape index (κ3) is 12.7. The molecule has 0 aromatic heterocycles. The molecule has 0 rings (SSSR count). The molecule has 0 N–H and O–H groups in total. The average Bonchev–Trinajstić information content (AvgIpc) is 2.16. The van der Waals surface area contributed by atoms with E-state index in [1.54, 1.807) is 0 Å². The molecule has 12 heavy (non-hydrogen) atoms. The highest BCUT2D eigenvalue weighted by atomic mass is 31.1. The van der Waals surface area contributed by atoms with Crippen LogP contribution in [0.15, 0.2) is 0 Å². The zero-order valence-corrected chi connectivity index (χ0v) is 9.13. The summed E-state index contributed by atoms with van der Waals surface area (Å²) in [5.74, 6) is 0. The van der Waals surface area contributed by atoms with Crippen molar-refractivity contribution in [3.05, 3.63) is 0 Å². The summed E-state index contributed by atoms with van der Waals surface area (Å²) in [4.78, 5) is 0. The van der Waals surface area contributed by atoms with Crippen LogP contribution in [0.25, 0.3) is 0 Å². The van der Waals surface area contributed by atoms with Crippen molar-refractivity contribution < 1.29 is 27.2 Å². The first-order valence-electron chi connectivity index (χ1n) is 2.73. The lowest BCUT2D eigenvalue weighted by Gasteiger charge is -1.66. The standard InChI is InChI=1S/2C2H6O3P/c2*1-4-6(3)5-2/h2*1-2H3/q2*+1. The average molecular weight is 218 g/mol. The van der Waals surface area contributed by atoms with E-state index in [4.69, 9.17) is 0 Å². The van der Waals surface area contributed by atoms with Gasteiger partial charge in [-0.1, -0.05) is 0 Å². The SMILES string of the molecule is CO[P+](=O)OC.CO[P+](=O)OC. The fourth-order valence-corrected chi connectivity index (χ4v) is 0.447. The van der Waals surface area contributed by atoms with Crippen LogP contribution in [0.4, 0.5) is 0 Å². The molecule has 8 heteroatoms. The van der Waals surface area contributed by atoms with Gasteiger partial charge in [-0.15, -0.1) is 18.1 Å². The second-order valence-corrected chi connectivity index (χ2v) is 3.53. The predicted octanol–water partition coefficient (Wildman–Crippen LogP) is 1.87. The topological polar surface area (TPSA) is 71.1 Å². The third-order valence-electron chi connectivity index (χ3n) is 0.596. The molecule has 0 unspecified atom stereocenters. The number of rotatable bonds is 4. The van der Waals surface area contributed by atoms with E-state index in [2.05, 4.69) is 18.1 Å². The van der Waals surface area contributed by atoms with Crippen molar-refractivity contribution in [2.45, 2.75) is 0 Å². The highest BCUT2D eigenvalue weighted by Crippen LogP contribution is 2.18. The minimum absolute atomic E-state index is 1.32. The van der Waals surface area contributed by atoms with Gasteiger partial charge < -0.3 is 0 Å². The first-order valence-corrected chi connectivity index (χ1v) is 4.92. The van der Waals surface area contributed by atoms with E-state index < -0.39 is 16.5 Å². The van der Waals surface area contributed by atoms with Crippen molar-refractivity contribution in [2.24, 2.45) is 0 Å². The van der Waals surface area contributed by atoms with Crippen LogP contribution in [0.2, 0.25) is 0 Å². The molecule has 72 valence electrons. The van der Waals surface area contributed by atoms with Crippen molar-refractivity contribution in [3.63, 3.8) is 0 Å². The molecule has 0 radical (unpaired) electrons. The zero-order valence-electron chi connectivity index (χ0n) is 7.34. The molecule has 0 aliphatic rings. The maximum atomic E-state index is 9.88. The molecule has 0 aromatic carbocycles. The minimum Gasteiger partial charge on any atom is -0.122 e. The molecule has 0 saturated heterocycles. The monoisotopic (exact) mass is 218 g/mol. The molecule has 0 saturated carbocycles. The summed E-state index contributed by atoms with van der Waals surface area (Å²) in [6, 6.07) is 0. The third-order valence-corrected chi connectivity index (χ3v) is 1.79. The molecular formula is C4H12O6P2+2. The Hall–Kier alpha value is 0.0400. The highest BCUT2D eigenvalue weighted by Gasteiger charge is 2.10. The fourth-order valence-electron chi connectivity index (χ4n) is 0.149. The van der Waals surface area contributed by atoms with Crippen LogP contribution in [0.1, 0.15) is 0 Å². The summed E-state index contributed by atoms with van der Waals surface area (Å²) in [6.07, 6.45) is 0. The van der Waals surface area contributed by atoms with Crippen molar-refractivity contribution in [2.75, 3.05) is 28.4 Å². The Kier molecular flexibility index (Phi) is 13.4. The van der Waals surface area contributed by atoms with Crippen molar-refractivity contribution in [3.8, 4) is 0 Å². The van der Waals surface area contributed by atoms with Crippen LogP contribution >= 0.6 is 16.5 Å². The number of hydrogen-bond donors (Lipinski definition) is 0. The van der Waals surface area contributed by atoms with E-state index in [0.29, 0.717) is 0 Å². The normalized spacial score (nSPS) is 8.33. The van der Waals surface area contributed by atoms with Gasteiger partial charge in [-0.05, 0) is 0 Å². The highest BCUT2D eigenvalue weighted by molar-refractivity contribution is 7.33. The van der Waals surface area contributed by atoms with E-state index in [0.717, 1.165) is 0 Å². The van der Waals surface area contributed by atoms with Gasteiger partial charge in [-0.2, -0.15) is 0 Å². The molecule has 0 atom stereocenters. The molecule has 6 nitrogen and oxygen atoms in total. The van der Waals surface area contributed by atoms with Gasteiger partial charge >= 0.3 is 16.5 Å². The summed E-state index contributed by atoms with van der Waals surface area (Å²) in [6.45, 7) is 0. The van der Waals surface area contributed by atoms with Crippen LogP contribution < -0.4 is 0 Å². The molecule has 0 spiro atoms. The first-order chi connectivity index (χ1) is 5.62. The Morgan fingerprint density at radius 2 is 0.833 bits per heavy atom. The van der Waals surface area contributed by atoms with Gasteiger partial charge in [0.25, 0.3) is 0 Å². The Morgan fingerprint density at radius 3 is 0.833 bits per heavy atom. The lowest BCUT2D eigenvalue weighted by Crippen LogP contribution is -1.66. The maximum Gasteiger partial charge on any atom is 0.696 e. The lowest BCUT2D eigenvalue weighted by molar-refractivity contribution is 0.301. The second-order valence-electron chi connectivity index (χ2n) is 1.18. The second kappa shape index (κ2) is 11.0. The van der Waals surface area contributed by atoms with E-state index in [-0.39, 0.29) is 0 Å². The van der Waals surface area contributed by atoms with Gasteiger partial charge in [-0.25, -0.2) is 0 Å². The minimum atomic E-state index is -1.83. The molecule has 0 heterocycles. The van der Waals surface area contributed by atoms with Crippen LogP contribution in [-0.4, -0.2) is 28.4 Å². The summed E-state index contributed by atoms with van der Waals surface area (Å²) in [5.41, 5.74) is 0. The molecule has 0 fully saturated rings. The first kappa shape index (κ1) is 14.6. The largest absolute Gasteiger partial charge is 0.696 e. The number of hydrogen-bond acceptors (Lipinski definition) is 6. The molecule has 0 aromatic rings. The van der Waals surface area contributed by atoms with E-state index >= 15 is 0 Å². The van der Waals surface area contributed by atoms with E-state index in [1.807, 2.05) is 0 Å². The summed E-state index contributed by atoms with van der Waals surface area (Å²) in [7, 11) is 1.63. The molecule has 0 amide bonds. The summed E-state index contributed by atoms with van der Waals surface area (Å²) < 4.78 is 36.5. The van der Waals surface area contributed by atoms with Gasteiger partial charge in [0.05, 0.1) is 28.4 Å². The van der Waals surface area contributed by atoms with Gasteiger partial charge in [-0.3, -0.25) is 0 Å². The van der Waals surface area contributed by atoms with Crippen molar-refractivity contribution in [1.82, 2.24) is 0 Å². The molecule has 0 aliphatic heterocycles. The molecule has 0 bridgehead atoms. The Labute approximate surface area is 73.1 Å². The van der Waals surface area contributed by atoms with Gasteiger partial charge in [0, 0.05) is 9.13 Å². The van der Waals surface area contributed by atoms with Gasteiger partial charge in [0.1, 0.15) is 0 Å². The van der Waals surface area contributed by atoms with E-state index in [9.17, 15) is 9.13 Å². The van der Waals surface area contributed by atoms with E-state index in [1.165, 1.54) is 28.4 Å². The Bertz CT molecular complexity index is 110. The van der Waals surface area contributed by atoms with Crippen LogP contribution in [0.3, 0.4) is 0 Å². The lowest BCUT2D eigenvalue weighted by atomic mass is 11.8. The van der Waals surface area contributed by atoms with Gasteiger partial charge in [0.2, 0.25) is 0 Å². The summed E-state index contributed by atoms with van der Waals surface area (Å²) in [5, 5.41) is 0. The zero-order chi connectivity index (χ0) is 9.98. The van der Waals surface area contributed by atoms with Crippen molar-refractivity contribution >= 4 is 16.5 Å². The maximum absolute atomic E-state index is 9.88. The Morgan fingerprint density at radius 1 is 0.667 bits per heavy atom. The smallest absolute Gasteiger partial charge is 0.122 e.